The van der Waals surface area contributed by atoms with Crippen molar-refractivity contribution in [2.24, 2.45) is 0 Å². The van der Waals surface area contributed by atoms with E-state index in [4.69, 9.17) is 14.2 Å². The van der Waals surface area contributed by atoms with Gasteiger partial charge in [0.15, 0.2) is 23.0 Å². The van der Waals surface area contributed by atoms with Crippen LogP contribution < -0.4 is 19.1 Å². The molecule has 0 amide bonds. The van der Waals surface area contributed by atoms with Gasteiger partial charge in [0.05, 0.1) is 24.2 Å². The molecule has 3 heterocycles. The molecule has 28 heavy (non-hydrogen) atoms. The number of likely N-dealkylation sites (tertiary alicyclic amines) is 1. The van der Waals surface area contributed by atoms with Crippen molar-refractivity contribution in [1.82, 2.24) is 0 Å². The fraction of sp³-hybridized carbons (Fsp3) is 0.318. The number of fused-ring (bicyclic) bond motifs is 2. The van der Waals surface area contributed by atoms with Crippen LogP contribution in [0.1, 0.15) is 40.7 Å². The zero-order valence-corrected chi connectivity index (χ0v) is 15.5. The SMILES string of the molecule is O=C1/C(=C\c2ccc3c(c2)OCO3)Oc2c1ccc(O)c2C[NH+]1CCCCC1. The summed E-state index contributed by atoms with van der Waals surface area (Å²) in [5.41, 5.74) is 2.03. The van der Waals surface area contributed by atoms with Gasteiger partial charge in [0.25, 0.3) is 0 Å². The van der Waals surface area contributed by atoms with Gasteiger partial charge in [-0.3, -0.25) is 4.79 Å². The molecule has 144 valence electrons. The van der Waals surface area contributed by atoms with E-state index in [-0.39, 0.29) is 24.1 Å². The van der Waals surface area contributed by atoms with E-state index in [0.717, 1.165) is 24.2 Å². The van der Waals surface area contributed by atoms with Gasteiger partial charge >= 0.3 is 0 Å². The molecular weight excluding hydrogens is 358 g/mol. The van der Waals surface area contributed by atoms with Gasteiger partial charge in [-0.1, -0.05) is 6.07 Å². The third-order valence-corrected chi connectivity index (χ3v) is 5.60. The predicted molar refractivity (Wildman–Crippen MR) is 102 cm³/mol. The van der Waals surface area contributed by atoms with Gasteiger partial charge in [-0.05, 0) is 55.2 Å². The van der Waals surface area contributed by atoms with Crippen molar-refractivity contribution < 1.29 is 29.0 Å². The number of aromatic hydroxyl groups is 1. The summed E-state index contributed by atoms with van der Waals surface area (Å²) in [6, 6.07) is 8.74. The fourth-order valence-electron chi connectivity index (χ4n) is 4.10. The Hall–Kier alpha value is -2.99. The molecule has 0 bridgehead atoms. The van der Waals surface area contributed by atoms with Crippen molar-refractivity contribution in [3.05, 3.63) is 52.8 Å². The molecule has 0 unspecified atom stereocenters. The Morgan fingerprint density at radius 3 is 2.71 bits per heavy atom. The third-order valence-electron chi connectivity index (χ3n) is 5.60. The van der Waals surface area contributed by atoms with Crippen LogP contribution >= 0.6 is 0 Å². The number of ether oxygens (including phenoxy) is 3. The van der Waals surface area contributed by atoms with Gasteiger partial charge in [-0.15, -0.1) is 0 Å². The molecule has 0 atom stereocenters. The van der Waals surface area contributed by atoms with Gasteiger partial charge in [-0.25, -0.2) is 0 Å². The second-order valence-corrected chi connectivity index (χ2v) is 7.48. The average Bonchev–Trinajstić information content (AvgIpc) is 3.30. The minimum absolute atomic E-state index is 0.164. The highest BCUT2D eigenvalue weighted by Crippen LogP contribution is 2.40. The van der Waals surface area contributed by atoms with Crippen molar-refractivity contribution in [3.8, 4) is 23.0 Å². The van der Waals surface area contributed by atoms with E-state index in [1.54, 1.807) is 18.2 Å². The number of hydrogen-bond donors (Lipinski definition) is 2. The maximum Gasteiger partial charge on any atom is 0.231 e. The number of rotatable bonds is 3. The average molecular weight is 380 g/mol. The van der Waals surface area contributed by atoms with Crippen LogP contribution in [0.4, 0.5) is 0 Å². The molecule has 2 N–H and O–H groups in total. The van der Waals surface area contributed by atoms with Crippen LogP contribution in [0, 0.1) is 0 Å². The summed E-state index contributed by atoms with van der Waals surface area (Å²) in [7, 11) is 0. The lowest BCUT2D eigenvalue weighted by Gasteiger charge is -2.24. The normalized spacial score (nSPS) is 19.7. The summed E-state index contributed by atoms with van der Waals surface area (Å²) in [6.45, 7) is 3.03. The minimum atomic E-state index is -0.164. The molecule has 0 saturated carbocycles. The summed E-state index contributed by atoms with van der Waals surface area (Å²) < 4.78 is 16.7. The van der Waals surface area contributed by atoms with Crippen molar-refractivity contribution in [2.45, 2.75) is 25.8 Å². The standard InChI is InChI=1S/C22H21NO5/c24-17-6-5-15-21(25)20(11-14-4-7-18-19(10-14)27-13-26-18)28-22(15)16(17)12-23-8-2-1-3-9-23/h4-7,10-11,24H,1-3,8-9,12-13H2/p+1/b20-11+. The van der Waals surface area contributed by atoms with E-state index < -0.39 is 0 Å². The topological polar surface area (TPSA) is 69.4 Å². The molecule has 0 spiro atoms. The Morgan fingerprint density at radius 1 is 1.04 bits per heavy atom. The number of hydrogen-bond acceptors (Lipinski definition) is 5. The van der Waals surface area contributed by atoms with Crippen LogP contribution in [0.2, 0.25) is 0 Å². The van der Waals surface area contributed by atoms with Gasteiger partial charge in [-0.2, -0.15) is 0 Å². The second kappa shape index (κ2) is 6.87. The fourth-order valence-corrected chi connectivity index (χ4v) is 4.10. The summed E-state index contributed by atoms with van der Waals surface area (Å²) >= 11 is 0. The number of ketones is 1. The summed E-state index contributed by atoms with van der Waals surface area (Å²) in [4.78, 5) is 14.3. The number of nitrogens with one attached hydrogen (secondary N) is 1. The lowest BCUT2D eigenvalue weighted by Crippen LogP contribution is -3.11. The number of phenolic OH excluding ortho intramolecular Hbond substituents is 1. The van der Waals surface area contributed by atoms with Crippen LogP contribution in [0.5, 0.6) is 23.0 Å². The second-order valence-electron chi connectivity index (χ2n) is 7.48. The molecule has 3 aliphatic rings. The van der Waals surface area contributed by atoms with Crippen LogP contribution in [-0.4, -0.2) is 30.8 Å². The maximum absolute atomic E-state index is 12.9. The summed E-state index contributed by atoms with van der Waals surface area (Å²) in [6.07, 6.45) is 5.36. The molecule has 1 fully saturated rings. The Bertz CT molecular complexity index is 975. The van der Waals surface area contributed by atoms with E-state index in [9.17, 15) is 9.90 Å². The van der Waals surface area contributed by atoms with E-state index in [1.807, 2.05) is 18.2 Å². The first-order valence-electron chi connectivity index (χ1n) is 9.71. The lowest BCUT2D eigenvalue weighted by atomic mass is 10.0. The first kappa shape index (κ1) is 17.1. The van der Waals surface area contributed by atoms with Gasteiger partial charge in [0, 0.05) is 0 Å². The molecule has 0 aliphatic carbocycles. The Labute approximate surface area is 162 Å². The monoisotopic (exact) mass is 380 g/mol. The Balaban J connectivity index is 1.45. The molecule has 0 radical (unpaired) electrons. The third kappa shape index (κ3) is 2.99. The highest BCUT2D eigenvalue weighted by molar-refractivity contribution is 6.15. The number of benzene rings is 2. The lowest BCUT2D eigenvalue weighted by molar-refractivity contribution is -0.918. The van der Waals surface area contributed by atoms with Gasteiger partial charge < -0.3 is 24.2 Å². The zero-order chi connectivity index (χ0) is 19.1. The maximum atomic E-state index is 12.9. The number of carbonyl (C=O) groups excluding carboxylic acids is 1. The molecule has 0 aromatic heterocycles. The zero-order valence-electron chi connectivity index (χ0n) is 15.5. The summed E-state index contributed by atoms with van der Waals surface area (Å²) in [5.74, 6) is 2.13. The molecule has 2 aromatic rings. The predicted octanol–water partition coefficient (Wildman–Crippen LogP) is 2.31. The first-order chi connectivity index (χ1) is 13.7. The Morgan fingerprint density at radius 2 is 1.86 bits per heavy atom. The van der Waals surface area contributed by atoms with Crippen LogP contribution in [0.3, 0.4) is 0 Å². The summed E-state index contributed by atoms with van der Waals surface area (Å²) in [5, 5.41) is 10.4. The molecule has 6 heteroatoms. The molecule has 3 aliphatic heterocycles. The molecule has 1 saturated heterocycles. The quantitative estimate of drug-likeness (QED) is 0.800. The largest absolute Gasteiger partial charge is 0.507 e. The van der Waals surface area contributed by atoms with Crippen molar-refractivity contribution >= 4 is 11.9 Å². The minimum Gasteiger partial charge on any atom is -0.507 e. The van der Waals surface area contributed by atoms with Crippen LogP contribution in [0.15, 0.2) is 36.1 Å². The highest BCUT2D eigenvalue weighted by atomic mass is 16.7. The smallest absolute Gasteiger partial charge is 0.231 e. The van der Waals surface area contributed by atoms with E-state index in [0.29, 0.717) is 29.4 Å². The first-order valence-corrected chi connectivity index (χ1v) is 9.71. The van der Waals surface area contributed by atoms with Crippen molar-refractivity contribution in [2.75, 3.05) is 19.9 Å². The molecule has 2 aromatic carbocycles. The van der Waals surface area contributed by atoms with Crippen molar-refractivity contribution in [1.29, 1.82) is 0 Å². The number of Topliss-reactive ketones (excluding diaryl/α,β-unsaturated/α-hetero) is 1. The van der Waals surface area contributed by atoms with E-state index >= 15 is 0 Å². The van der Waals surface area contributed by atoms with Gasteiger partial charge in [0.2, 0.25) is 12.6 Å². The molecular formula is C22H22NO5+. The molecule has 5 rings (SSSR count). The number of piperidine rings is 1. The highest BCUT2D eigenvalue weighted by Gasteiger charge is 2.33. The number of phenols is 1. The number of allylic oxidation sites excluding steroid dienone is 1. The van der Waals surface area contributed by atoms with Crippen LogP contribution in [-0.2, 0) is 6.54 Å². The van der Waals surface area contributed by atoms with E-state index in [2.05, 4.69) is 0 Å². The molecule has 6 nitrogen and oxygen atoms in total. The Kier molecular flexibility index (Phi) is 4.20. The number of carbonyl (C=O) groups is 1. The van der Waals surface area contributed by atoms with Gasteiger partial charge in [0.1, 0.15) is 12.3 Å². The number of quaternary nitrogens is 1. The van der Waals surface area contributed by atoms with E-state index in [1.165, 1.54) is 24.2 Å². The van der Waals surface area contributed by atoms with Crippen molar-refractivity contribution in [3.63, 3.8) is 0 Å². The van der Waals surface area contributed by atoms with Crippen LogP contribution in [0.25, 0.3) is 6.08 Å².